The summed E-state index contributed by atoms with van der Waals surface area (Å²) in [4.78, 5) is 43.4. The van der Waals surface area contributed by atoms with Gasteiger partial charge in [0.2, 0.25) is 5.91 Å². The zero-order valence-corrected chi connectivity index (χ0v) is 20.9. The summed E-state index contributed by atoms with van der Waals surface area (Å²) in [5, 5.41) is 5.64. The molecule has 1 aliphatic carbocycles. The molecule has 1 aromatic heterocycles. The predicted octanol–water partition coefficient (Wildman–Crippen LogP) is 3.46. The largest absolute Gasteiger partial charge is 0.497 e. The van der Waals surface area contributed by atoms with Crippen molar-refractivity contribution in [2.45, 2.75) is 51.6 Å². The van der Waals surface area contributed by atoms with Crippen molar-refractivity contribution in [1.29, 1.82) is 0 Å². The highest BCUT2D eigenvalue weighted by Crippen LogP contribution is 2.29. The Morgan fingerprint density at radius 3 is 2.68 bits per heavy atom. The molecule has 0 spiro atoms. The topological polar surface area (TPSA) is 122 Å². The molecule has 1 saturated carbocycles. The average molecular weight is 511 g/mol. The van der Waals surface area contributed by atoms with Crippen molar-refractivity contribution in [2.24, 2.45) is 5.92 Å². The quantitative estimate of drug-likeness (QED) is 0.405. The molecule has 37 heavy (non-hydrogen) atoms. The Morgan fingerprint density at radius 1 is 1.16 bits per heavy atom. The maximum Gasteiger partial charge on any atom is 0.287 e. The summed E-state index contributed by atoms with van der Waals surface area (Å²) < 4.78 is 25.5. The van der Waals surface area contributed by atoms with Gasteiger partial charge in [-0.15, -0.1) is 0 Å². The third-order valence-corrected chi connectivity index (χ3v) is 6.61. The number of carbonyl (C=O) groups is 2. The minimum atomic E-state index is -0.663. The second-order valence-corrected chi connectivity index (χ2v) is 9.27. The maximum atomic E-state index is 14.6. The number of ether oxygens (including phenoxy) is 2. The second-order valence-electron chi connectivity index (χ2n) is 9.27. The number of benzene rings is 2. The fourth-order valence-corrected chi connectivity index (χ4v) is 4.69. The molecule has 0 radical (unpaired) electrons. The van der Waals surface area contributed by atoms with E-state index in [0.29, 0.717) is 18.1 Å². The number of nitrogens with one attached hydrogen (secondary N) is 3. The molecule has 0 atom stereocenters. The first kappa shape index (κ1) is 26.1. The number of H-pyrrole nitrogens is 1. The van der Waals surface area contributed by atoms with Crippen LogP contribution in [0.1, 0.15) is 55.2 Å². The predicted molar refractivity (Wildman–Crippen MR) is 136 cm³/mol. The first-order valence-electron chi connectivity index (χ1n) is 12.4. The molecule has 0 unspecified atom stereocenters. The average Bonchev–Trinajstić information content (AvgIpc) is 2.89. The minimum absolute atomic E-state index is 0.0189. The van der Waals surface area contributed by atoms with Gasteiger partial charge in [-0.1, -0.05) is 12.1 Å². The van der Waals surface area contributed by atoms with E-state index >= 15 is 0 Å². The normalized spacial score (nSPS) is 17.3. The zero-order chi connectivity index (χ0) is 26.4. The highest BCUT2D eigenvalue weighted by molar-refractivity contribution is 5.93. The number of carbonyl (C=O) groups excluding carboxylic acids is 2. The Morgan fingerprint density at radius 2 is 1.95 bits per heavy atom. The Hall–Kier alpha value is -3.95. The maximum absolute atomic E-state index is 14.6. The van der Waals surface area contributed by atoms with Gasteiger partial charge in [0.15, 0.2) is 17.4 Å². The van der Waals surface area contributed by atoms with Gasteiger partial charge in [0.25, 0.3) is 11.5 Å². The fraction of sp³-hybridized carbons (Fsp3) is 0.407. The molecule has 1 fully saturated rings. The van der Waals surface area contributed by atoms with Gasteiger partial charge in [-0.3, -0.25) is 14.4 Å². The molecule has 9 nitrogen and oxygen atoms in total. The number of halogens is 1. The Labute approximate surface area is 213 Å². The summed E-state index contributed by atoms with van der Waals surface area (Å²) in [6.07, 6.45) is 4.41. The van der Waals surface area contributed by atoms with E-state index in [9.17, 15) is 18.8 Å². The highest BCUT2D eigenvalue weighted by atomic mass is 19.1. The van der Waals surface area contributed by atoms with Crippen LogP contribution < -0.4 is 25.7 Å². The molecule has 2 aromatic carbocycles. The summed E-state index contributed by atoms with van der Waals surface area (Å²) in [5.41, 5.74) is 0.335. The lowest BCUT2D eigenvalue weighted by Crippen LogP contribution is -2.36. The standard InChI is InChI=1S/C27H31FN4O5/c1-16(33)30-19-8-6-17(7-9-19)12-13-37-24-21(28)10-11-22-23(24)26(34)32-25(31-22)27(35)29-15-18-4-3-5-20(14-18)36-2/h3-5,10-11,14,17,19H,6-9,12-13,15H2,1-2H3,(H,29,35)(H,30,33)(H,31,32,34). The third-order valence-electron chi connectivity index (χ3n) is 6.61. The zero-order valence-electron chi connectivity index (χ0n) is 20.9. The first-order valence-corrected chi connectivity index (χ1v) is 12.4. The van der Waals surface area contributed by atoms with E-state index < -0.39 is 17.3 Å². The molecule has 0 aliphatic heterocycles. The molecule has 1 aliphatic rings. The van der Waals surface area contributed by atoms with Crippen molar-refractivity contribution < 1.29 is 23.5 Å². The number of hydrogen-bond donors (Lipinski definition) is 3. The van der Waals surface area contributed by atoms with Crippen molar-refractivity contribution in [3.63, 3.8) is 0 Å². The van der Waals surface area contributed by atoms with Crippen molar-refractivity contribution in [3.05, 3.63) is 64.0 Å². The van der Waals surface area contributed by atoms with Gasteiger partial charge >= 0.3 is 0 Å². The van der Waals surface area contributed by atoms with Crippen LogP contribution in [0.25, 0.3) is 10.9 Å². The van der Waals surface area contributed by atoms with Gasteiger partial charge in [-0.05, 0) is 67.9 Å². The highest BCUT2D eigenvalue weighted by Gasteiger charge is 2.22. The SMILES string of the molecule is COc1cccc(CNC(=O)c2nc3ccc(F)c(OCCC4CCC(NC(C)=O)CC4)c3c(=O)[nH]2)c1. The van der Waals surface area contributed by atoms with E-state index in [0.717, 1.165) is 31.2 Å². The lowest BCUT2D eigenvalue weighted by molar-refractivity contribution is -0.119. The molecule has 4 rings (SSSR count). The van der Waals surface area contributed by atoms with Crippen LogP contribution in [-0.4, -0.2) is 41.5 Å². The summed E-state index contributed by atoms with van der Waals surface area (Å²) >= 11 is 0. The minimum Gasteiger partial charge on any atom is -0.497 e. The van der Waals surface area contributed by atoms with E-state index in [-0.39, 0.29) is 47.6 Å². The van der Waals surface area contributed by atoms with Crippen LogP contribution in [0.5, 0.6) is 11.5 Å². The van der Waals surface area contributed by atoms with Crippen LogP contribution in [0, 0.1) is 11.7 Å². The number of rotatable bonds is 9. The Balaban J connectivity index is 1.40. The number of hydrogen-bond acceptors (Lipinski definition) is 6. The van der Waals surface area contributed by atoms with Crippen LogP contribution >= 0.6 is 0 Å². The number of amides is 2. The van der Waals surface area contributed by atoms with Crippen LogP contribution in [0.4, 0.5) is 4.39 Å². The van der Waals surface area contributed by atoms with Crippen molar-refractivity contribution in [2.75, 3.05) is 13.7 Å². The first-order chi connectivity index (χ1) is 17.8. The van der Waals surface area contributed by atoms with Gasteiger partial charge in [-0.2, -0.15) is 0 Å². The van der Waals surface area contributed by atoms with Gasteiger partial charge in [0, 0.05) is 19.5 Å². The van der Waals surface area contributed by atoms with E-state index in [2.05, 4.69) is 20.6 Å². The second kappa shape index (κ2) is 11.9. The van der Waals surface area contributed by atoms with Crippen LogP contribution in [0.3, 0.4) is 0 Å². The molecule has 3 N–H and O–H groups in total. The molecule has 3 aromatic rings. The van der Waals surface area contributed by atoms with E-state index in [4.69, 9.17) is 9.47 Å². The number of aromatic amines is 1. The van der Waals surface area contributed by atoms with Crippen molar-refractivity contribution in [3.8, 4) is 11.5 Å². The summed E-state index contributed by atoms with van der Waals surface area (Å²) in [5.74, 6) is -0.520. The number of methoxy groups -OCH3 is 1. The fourth-order valence-electron chi connectivity index (χ4n) is 4.69. The summed E-state index contributed by atoms with van der Waals surface area (Å²) in [7, 11) is 1.56. The van der Waals surface area contributed by atoms with Crippen molar-refractivity contribution in [1.82, 2.24) is 20.6 Å². The third kappa shape index (κ3) is 6.63. The van der Waals surface area contributed by atoms with E-state index in [1.165, 1.54) is 19.1 Å². The van der Waals surface area contributed by atoms with Gasteiger partial charge in [0.1, 0.15) is 11.1 Å². The van der Waals surface area contributed by atoms with Crippen LogP contribution in [-0.2, 0) is 11.3 Å². The number of fused-ring (bicyclic) bond motifs is 1. The molecule has 1 heterocycles. The van der Waals surface area contributed by atoms with E-state index in [1.54, 1.807) is 19.2 Å². The molecule has 10 heteroatoms. The summed E-state index contributed by atoms with van der Waals surface area (Å²) in [6.45, 7) is 1.98. The van der Waals surface area contributed by atoms with Gasteiger partial charge in [0.05, 0.1) is 19.2 Å². The molecule has 0 bridgehead atoms. The number of aromatic nitrogens is 2. The molecule has 2 amide bonds. The smallest absolute Gasteiger partial charge is 0.287 e. The van der Waals surface area contributed by atoms with E-state index in [1.807, 2.05) is 12.1 Å². The van der Waals surface area contributed by atoms with Crippen molar-refractivity contribution >= 4 is 22.7 Å². The monoisotopic (exact) mass is 510 g/mol. The van der Waals surface area contributed by atoms with Crippen LogP contribution in [0.2, 0.25) is 0 Å². The molecule has 196 valence electrons. The van der Waals surface area contributed by atoms with Gasteiger partial charge < -0.3 is 25.1 Å². The summed E-state index contributed by atoms with van der Waals surface area (Å²) in [6, 6.07) is 9.97. The van der Waals surface area contributed by atoms with Crippen LogP contribution in [0.15, 0.2) is 41.2 Å². The lowest BCUT2D eigenvalue weighted by atomic mass is 9.84. The molecular weight excluding hydrogens is 479 g/mol. The lowest BCUT2D eigenvalue weighted by Gasteiger charge is -2.28. The Bertz CT molecular complexity index is 1330. The molecule has 0 saturated heterocycles. The molecular formula is C27H31FN4O5. The van der Waals surface area contributed by atoms with Gasteiger partial charge in [-0.25, -0.2) is 9.37 Å². The Kier molecular flexibility index (Phi) is 8.37. The number of nitrogens with zero attached hydrogens (tertiary/aromatic N) is 1.